The Kier molecular flexibility index (Phi) is 5.73. The smallest absolute Gasteiger partial charge is 0.185 e. The summed E-state index contributed by atoms with van der Waals surface area (Å²) in [5.74, 6) is 0.613. The Bertz CT molecular complexity index is 301. The monoisotopic (exact) mass is 243 g/mol. The van der Waals surface area contributed by atoms with Crippen LogP contribution in [0.15, 0.2) is 6.20 Å². The van der Waals surface area contributed by atoms with Crippen molar-refractivity contribution >= 4 is 16.5 Å². The van der Waals surface area contributed by atoms with Crippen LogP contribution in [0.25, 0.3) is 0 Å². The number of methoxy groups -OCH3 is 1. The van der Waals surface area contributed by atoms with Gasteiger partial charge in [-0.3, -0.25) is 0 Å². The first-order valence-electron chi connectivity index (χ1n) is 5.56. The Morgan fingerprint density at radius 1 is 1.56 bits per heavy atom. The molecule has 0 spiro atoms. The van der Waals surface area contributed by atoms with Gasteiger partial charge in [-0.15, -0.1) is 11.3 Å². The number of hydrogen-bond donors (Lipinski definition) is 1. The number of anilines is 1. The molecule has 1 aromatic heterocycles. The standard InChI is InChI=1S/C11H21N3OS/c1-9(2)8-14(4-5-15-3)11-13-7-10(6-12)16-11/h7,9H,4-6,8,12H2,1-3H3. The van der Waals surface area contributed by atoms with Gasteiger partial charge in [0.2, 0.25) is 0 Å². The minimum Gasteiger partial charge on any atom is -0.383 e. The minimum atomic E-state index is 0.567. The molecule has 16 heavy (non-hydrogen) atoms. The number of hydrogen-bond acceptors (Lipinski definition) is 5. The molecular weight excluding hydrogens is 222 g/mol. The molecule has 0 aliphatic rings. The predicted molar refractivity (Wildman–Crippen MR) is 68.9 cm³/mol. The van der Waals surface area contributed by atoms with Crippen LogP contribution in [0.4, 0.5) is 5.13 Å². The van der Waals surface area contributed by atoms with Crippen LogP contribution in [-0.4, -0.2) is 31.8 Å². The fraction of sp³-hybridized carbons (Fsp3) is 0.727. The number of nitrogens with zero attached hydrogens (tertiary/aromatic N) is 2. The molecule has 92 valence electrons. The molecule has 0 aromatic carbocycles. The molecule has 2 N–H and O–H groups in total. The molecule has 0 amide bonds. The van der Waals surface area contributed by atoms with Gasteiger partial charge in [0.1, 0.15) is 0 Å². The van der Waals surface area contributed by atoms with Crippen LogP contribution in [0.3, 0.4) is 0 Å². The lowest BCUT2D eigenvalue weighted by Gasteiger charge is -2.23. The van der Waals surface area contributed by atoms with E-state index in [-0.39, 0.29) is 0 Å². The van der Waals surface area contributed by atoms with Gasteiger partial charge in [0.05, 0.1) is 6.61 Å². The third-order valence-corrected chi connectivity index (χ3v) is 3.24. The fourth-order valence-corrected chi connectivity index (χ4v) is 2.27. The number of ether oxygens (including phenoxy) is 1. The molecule has 1 heterocycles. The van der Waals surface area contributed by atoms with Gasteiger partial charge in [-0.2, -0.15) is 0 Å². The Morgan fingerprint density at radius 3 is 2.81 bits per heavy atom. The SMILES string of the molecule is COCCN(CC(C)C)c1ncc(CN)s1. The van der Waals surface area contributed by atoms with Crippen LogP contribution in [-0.2, 0) is 11.3 Å². The van der Waals surface area contributed by atoms with Gasteiger partial charge in [-0.1, -0.05) is 13.8 Å². The van der Waals surface area contributed by atoms with Crippen LogP contribution in [0.2, 0.25) is 0 Å². The summed E-state index contributed by atoms with van der Waals surface area (Å²) >= 11 is 1.67. The van der Waals surface area contributed by atoms with Gasteiger partial charge in [0.25, 0.3) is 0 Å². The molecule has 0 bridgehead atoms. The maximum absolute atomic E-state index is 5.59. The lowest BCUT2D eigenvalue weighted by Crippen LogP contribution is -2.30. The van der Waals surface area contributed by atoms with Crippen molar-refractivity contribution in [2.24, 2.45) is 11.7 Å². The normalized spacial score (nSPS) is 11.1. The van der Waals surface area contributed by atoms with Crippen molar-refractivity contribution in [3.8, 4) is 0 Å². The molecule has 0 saturated heterocycles. The summed E-state index contributed by atoms with van der Waals surface area (Å²) in [7, 11) is 1.72. The summed E-state index contributed by atoms with van der Waals surface area (Å²) in [5.41, 5.74) is 5.59. The molecular formula is C11H21N3OS. The van der Waals surface area contributed by atoms with Gasteiger partial charge in [0, 0.05) is 37.8 Å². The highest BCUT2D eigenvalue weighted by atomic mass is 32.1. The number of rotatable bonds is 7. The van der Waals surface area contributed by atoms with Crippen LogP contribution in [0.5, 0.6) is 0 Å². The Morgan fingerprint density at radius 2 is 2.31 bits per heavy atom. The van der Waals surface area contributed by atoms with Crippen molar-refractivity contribution in [2.75, 3.05) is 31.7 Å². The predicted octanol–water partition coefficient (Wildman–Crippen LogP) is 1.71. The average molecular weight is 243 g/mol. The highest BCUT2D eigenvalue weighted by molar-refractivity contribution is 7.15. The molecule has 0 atom stereocenters. The van der Waals surface area contributed by atoms with Crippen LogP contribution < -0.4 is 10.6 Å². The van der Waals surface area contributed by atoms with Crippen molar-refractivity contribution in [1.29, 1.82) is 0 Å². The largest absolute Gasteiger partial charge is 0.383 e. The quantitative estimate of drug-likeness (QED) is 0.792. The van der Waals surface area contributed by atoms with Gasteiger partial charge >= 0.3 is 0 Å². The lowest BCUT2D eigenvalue weighted by molar-refractivity contribution is 0.204. The molecule has 0 unspecified atom stereocenters. The summed E-state index contributed by atoms with van der Waals surface area (Å²) in [5, 5.41) is 1.05. The molecule has 5 heteroatoms. The van der Waals surface area contributed by atoms with Gasteiger partial charge < -0.3 is 15.4 Å². The van der Waals surface area contributed by atoms with Crippen molar-refractivity contribution < 1.29 is 4.74 Å². The maximum atomic E-state index is 5.59. The van der Waals surface area contributed by atoms with E-state index in [1.807, 2.05) is 6.20 Å². The third-order valence-electron chi connectivity index (χ3n) is 2.16. The van der Waals surface area contributed by atoms with E-state index in [0.717, 1.165) is 29.7 Å². The number of nitrogens with two attached hydrogens (primary N) is 1. The average Bonchev–Trinajstić information content (AvgIpc) is 2.72. The topological polar surface area (TPSA) is 51.4 Å². The molecule has 4 nitrogen and oxygen atoms in total. The van der Waals surface area contributed by atoms with Crippen molar-refractivity contribution in [3.63, 3.8) is 0 Å². The van der Waals surface area contributed by atoms with Gasteiger partial charge in [-0.25, -0.2) is 4.98 Å². The van der Waals surface area contributed by atoms with Crippen molar-refractivity contribution in [1.82, 2.24) is 4.98 Å². The fourth-order valence-electron chi connectivity index (χ4n) is 1.45. The third kappa shape index (κ3) is 4.08. The van der Waals surface area contributed by atoms with E-state index >= 15 is 0 Å². The number of thiazole rings is 1. The highest BCUT2D eigenvalue weighted by Crippen LogP contribution is 2.22. The van der Waals surface area contributed by atoms with Crippen molar-refractivity contribution in [2.45, 2.75) is 20.4 Å². The van der Waals surface area contributed by atoms with Crippen LogP contribution >= 0.6 is 11.3 Å². The van der Waals surface area contributed by atoms with E-state index in [2.05, 4.69) is 23.7 Å². The Labute approximate surface area is 101 Å². The second-order valence-electron chi connectivity index (χ2n) is 4.15. The first-order valence-corrected chi connectivity index (χ1v) is 6.37. The van der Waals surface area contributed by atoms with E-state index in [9.17, 15) is 0 Å². The van der Waals surface area contributed by atoms with Gasteiger partial charge in [-0.05, 0) is 5.92 Å². The van der Waals surface area contributed by atoms with E-state index in [1.54, 1.807) is 18.4 Å². The minimum absolute atomic E-state index is 0.567. The summed E-state index contributed by atoms with van der Waals surface area (Å²) in [6, 6.07) is 0. The van der Waals surface area contributed by atoms with E-state index in [1.165, 1.54) is 0 Å². The molecule has 0 aliphatic carbocycles. The van der Waals surface area contributed by atoms with Crippen LogP contribution in [0, 0.1) is 5.92 Å². The summed E-state index contributed by atoms with van der Waals surface area (Å²) in [4.78, 5) is 7.79. The van der Waals surface area contributed by atoms with Gasteiger partial charge in [0.15, 0.2) is 5.13 Å². The van der Waals surface area contributed by atoms with E-state index in [0.29, 0.717) is 12.5 Å². The molecule has 0 saturated carbocycles. The summed E-state index contributed by atoms with van der Waals surface area (Å²) in [6.07, 6.45) is 1.86. The van der Waals surface area contributed by atoms with Crippen molar-refractivity contribution in [3.05, 3.63) is 11.1 Å². The molecule has 1 rings (SSSR count). The first kappa shape index (κ1) is 13.4. The second-order valence-corrected chi connectivity index (χ2v) is 5.24. The molecule has 0 radical (unpaired) electrons. The Balaban J connectivity index is 2.66. The number of aromatic nitrogens is 1. The molecule has 0 fully saturated rings. The zero-order valence-corrected chi connectivity index (χ0v) is 11.1. The van der Waals surface area contributed by atoms with E-state index < -0.39 is 0 Å². The molecule has 1 aromatic rings. The molecule has 0 aliphatic heterocycles. The zero-order valence-electron chi connectivity index (χ0n) is 10.3. The summed E-state index contributed by atoms with van der Waals surface area (Å²) < 4.78 is 5.12. The summed E-state index contributed by atoms with van der Waals surface area (Å²) in [6.45, 7) is 7.59. The zero-order chi connectivity index (χ0) is 12.0. The second kappa shape index (κ2) is 6.83. The highest BCUT2D eigenvalue weighted by Gasteiger charge is 2.12. The lowest BCUT2D eigenvalue weighted by atomic mass is 10.2. The van der Waals surface area contributed by atoms with E-state index in [4.69, 9.17) is 10.5 Å². The maximum Gasteiger partial charge on any atom is 0.185 e. The Hall–Kier alpha value is -0.650. The first-order chi connectivity index (χ1) is 7.67. The van der Waals surface area contributed by atoms with Crippen LogP contribution in [0.1, 0.15) is 18.7 Å².